The van der Waals surface area contributed by atoms with Crippen molar-refractivity contribution in [1.82, 2.24) is 5.32 Å². The normalized spacial score (nSPS) is 14.8. The molecule has 1 atom stereocenters. The summed E-state index contributed by atoms with van der Waals surface area (Å²) in [6.45, 7) is 2.98. The Morgan fingerprint density at radius 2 is 2.17 bits per heavy atom. The zero-order chi connectivity index (χ0) is 16.9. The van der Waals surface area contributed by atoms with Gasteiger partial charge in [0, 0.05) is 18.3 Å². The molecule has 1 aliphatic heterocycles. The third kappa shape index (κ3) is 4.02. The first-order valence-electron chi connectivity index (χ1n) is 8.22. The van der Waals surface area contributed by atoms with Gasteiger partial charge in [0.1, 0.15) is 5.82 Å². The van der Waals surface area contributed by atoms with E-state index >= 15 is 0 Å². The molecule has 2 aromatic rings. The van der Waals surface area contributed by atoms with Gasteiger partial charge < -0.3 is 10.6 Å². The molecule has 2 N–H and O–H groups in total. The molecule has 0 aliphatic carbocycles. The smallest absolute Gasteiger partial charge is 0.244 e. The molecule has 4 heteroatoms. The van der Waals surface area contributed by atoms with Gasteiger partial charge in [0.2, 0.25) is 5.91 Å². The molecule has 3 rings (SSSR count). The number of benzene rings is 2. The minimum atomic E-state index is -0.311. The van der Waals surface area contributed by atoms with Gasteiger partial charge in [-0.15, -0.1) is 0 Å². The zero-order valence-electron chi connectivity index (χ0n) is 13.7. The summed E-state index contributed by atoms with van der Waals surface area (Å²) in [4.78, 5) is 12.1. The maximum absolute atomic E-state index is 13.1. The second-order valence-corrected chi connectivity index (χ2v) is 6.07. The van der Waals surface area contributed by atoms with Crippen molar-refractivity contribution in [3.63, 3.8) is 0 Å². The van der Waals surface area contributed by atoms with E-state index in [1.165, 1.54) is 29.5 Å². The van der Waals surface area contributed by atoms with Gasteiger partial charge in [0.05, 0.1) is 6.04 Å². The van der Waals surface area contributed by atoms with Gasteiger partial charge in [0.25, 0.3) is 0 Å². The molecule has 0 saturated carbocycles. The fourth-order valence-corrected chi connectivity index (χ4v) is 2.89. The lowest BCUT2D eigenvalue weighted by molar-refractivity contribution is -0.117. The largest absolute Gasteiger partial charge is 0.385 e. The van der Waals surface area contributed by atoms with Crippen molar-refractivity contribution in [2.75, 3.05) is 11.9 Å². The summed E-state index contributed by atoms with van der Waals surface area (Å²) in [6, 6.07) is 12.3. The molecule has 124 valence electrons. The fraction of sp³-hybridized carbons (Fsp3) is 0.250. The molecular weight excluding hydrogens is 303 g/mol. The molecule has 0 spiro atoms. The van der Waals surface area contributed by atoms with E-state index < -0.39 is 0 Å². The molecule has 1 heterocycles. The number of carbonyl (C=O) groups excluding carboxylic acids is 1. The summed E-state index contributed by atoms with van der Waals surface area (Å²) in [5.74, 6) is -0.504. The van der Waals surface area contributed by atoms with E-state index in [2.05, 4.69) is 22.8 Å². The van der Waals surface area contributed by atoms with Crippen LogP contribution < -0.4 is 10.6 Å². The van der Waals surface area contributed by atoms with Crippen LogP contribution >= 0.6 is 0 Å². The highest BCUT2D eigenvalue weighted by Crippen LogP contribution is 2.25. The van der Waals surface area contributed by atoms with Crippen LogP contribution in [0.5, 0.6) is 0 Å². The van der Waals surface area contributed by atoms with Crippen LogP contribution in [0.4, 0.5) is 10.1 Å². The van der Waals surface area contributed by atoms with Crippen LogP contribution in [-0.2, 0) is 11.2 Å². The van der Waals surface area contributed by atoms with E-state index in [4.69, 9.17) is 0 Å². The molecular formula is C20H21FN2O. The van der Waals surface area contributed by atoms with Crippen molar-refractivity contribution in [2.45, 2.75) is 25.8 Å². The van der Waals surface area contributed by atoms with Gasteiger partial charge in [-0.1, -0.05) is 24.3 Å². The number of nitrogens with one attached hydrogen (secondary N) is 2. The summed E-state index contributed by atoms with van der Waals surface area (Å²) in [6.07, 6.45) is 5.25. The number of hydrogen-bond donors (Lipinski definition) is 2. The Morgan fingerprint density at radius 1 is 1.29 bits per heavy atom. The Labute approximate surface area is 141 Å². The van der Waals surface area contributed by atoms with Gasteiger partial charge in [-0.25, -0.2) is 4.39 Å². The average Bonchev–Trinajstić information content (AvgIpc) is 2.59. The minimum absolute atomic E-state index is 0.0816. The Hall–Kier alpha value is -2.62. The van der Waals surface area contributed by atoms with E-state index in [0.717, 1.165) is 24.9 Å². The maximum Gasteiger partial charge on any atom is 0.244 e. The summed E-state index contributed by atoms with van der Waals surface area (Å²) in [5, 5.41) is 6.33. The SMILES string of the molecule is CC(NC(=O)/C=C/c1cccc(F)c1)c1ccc2c(c1)CCCN2. The molecule has 24 heavy (non-hydrogen) atoms. The highest BCUT2D eigenvalue weighted by Gasteiger charge is 2.13. The number of halogens is 1. The first-order chi connectivity index (χ1) is 11.6. The third-order valence-corrected chi connectivity index (χ3v) is 4.20. The van der Waals surface area contributed by atoms with Crippen LogP contribution in [0.2, 0.25) is 0 Å². The molecule has 3 nitrogen and oxygen atoms in total. The molecule has 0 aromatic heterocycles. The van der Waals surface area contributed by atoms with E-state index in [-0.39, 0.29) is 17.8 Å². The molecule has 1 amide bonds. The average molecular weight is 324 g/mol. The van der Waals surface area contributed by atoms with Crippen LogP contribution in [0.1, 0.15) is 36.1 Å². The summed E-state index contributed by atoms with van der Waals surface area (Å²) >= 11 is 0. The first-order valence-corrected chi connectivity index (χ1v) is 8.22. The maximum atomic E-state index is 13.1. The number of anilines is 1. The number of fused-ring (bicyclic) bond motifs is 1. The van der Waals surface area contributed by atoms with Gasteiger partial charge in [0.15, 0.2) is 0 Å². The van der Waals surface area contributed by atoms with E-state index in [0.29, 0.717) is 5.56 Å². The lowest BCUT2D eigenvalue weighted by Gasteiger charge is -2.21. The topological polar surface area (TPSA) is 41.1 Å². The summed E-state index contributed by atoms with van der Waals surface area (Å²) < 4.78 is 13.1. The highest BCUT2D eigenvalue weighted by molar-refractivity contribution is 5.92. The Morgan fingerprint density at radius 3 is 3.00 bits per heavy atom. The van der Waals surface area contributed by atoms with Crippen molar-refractivity contribution in [3.8, 4) is 0 Å². The summed E-state index contributed by atoms with van der Waals surface area (Å²) in [7, 11) is 0. The highest BCUT2D eigenvalue weighted by atomic mass is 19.1. The Balaban J connectivity index is 1.63. The van der Waals surface area contributed by atoms with E-state index in [1.807, 2.05) is 13.0 Å². The Kier molecular flexibility index (Phi) is 4.94. The molecule has 0 saturated heterocycles. The third-order valence-electron chi connectivity index (χ3n) is 4.20. The van der Waals surface area contributed by atoms with Crippen molar-refractivity contribution < 1.29 is 9.18 Å². The fourth-order valence-electron chi connectivity index (χ4n) is 2.89. The Bertz CT molecular complexity index is 770. The number of aryl methyl sites for hydroxylation is 1. The molecule has 0 fully saturated rings. The minimum Gasteiger partial charge on any atom is -0.385 e. The first kappa shape index (κ1) is 16.2. The van der Waals surface area contributed by atoms with Crippen molar-refractivity contribution in [2.24, 2.45) is 0 Å². The van der Waals surface area contributed by atoms with Crippen LogP contribution in [0.25, 0.3) is 6.08 Å². The lowest BCUT2D eigenvalue weighted by Crippen LogP contribution is -2.25. The second-order valence-electron chi connectivity index (χ2n) is 6.07. The molecule has 1 aliphatic rings. The van der Waals surface area contributed by atoms with Crippen molar-refractivity contribution in [1.29, 1.82) is 0 Å². The number of amides is 1. The number of rotatable bonds is 4. The van der Waals surface area contributed by atoms with Crippen LogP contribution in [0, 0.1) is 5.82 Å². The van der Waals surface area contributed by atoms with Gasteiger partial charge in [-0.05, 0) is 60.7 Å². The van der Waals surface area contributed by atoms with Gasteiger partial charge >= 0.3 is 0 Å². The lowest BCUT2D eigenvalue weighted by atomic mass is 9.98. The number of hydrogen-bond acceptors (Lipinski definition) is 2. The zero-order valence-corrected chi connectivity index (χ0v) is 13.7. The molecule has 0 radical (unpaired) electrons. The van der Waals surface area contributed by atoms with Gasteiger partial charge in [-0.2, -0.15) is 0 Å². The van der Waals surface area contributed by atoms with Crippen LogP contribution in [0.15, 0.2) is 48.5 Å². The van der Waals surface area contributed by atoms with Crippen molar-refractivity contribution >= 4 is 17.7 Å². The van der Waals surface area contributed by atoms with Gasteiger partial charge in [-0.3, -0.25) is 4.79 Å². The van der Waals surface area contributed by atoms with E-state index in [1.54, 1.807) is 18.2 Å². The van der Waals surface area contributed by atoms with E-state index in [9.17, 15) is 9.18 Å². The quantitative estimate of drug-likeness (QED) is 0.832. The molecule has 2 aromatic carbocycles. The number of carbonyl (C=O) groups is 1. The predicted octanol–water partition coefficient (Wildman–Crippen LogP) is 4.07. The van der Waals surface area contributed by atoms with Crippen LogP contribution in [0.3, 0.4) is 0 Å². The second kappa shape index (κ2) is 7.30. The van der Waals surface area contributed by atoms with Crippen molar-refractivity contribution in [3.05, 3.63) is 71.0 Å². The molecule has 1 unspecified atom stereocenters. The summed E-state index contributed by atoms with van der Waals surface area (Å²) in [5.41, 5.74) is 4.24. The van der Waals surface area contributed by atoms with Crippen LogP contribution in [-0.4, -0.2) is 12.5 Å². The monoisotopic (exact) mass is 324 g/mol. The molecule has 0 bridgehead atoms. The predicted molar refractivity (Wildman–Crippen MR) is 95.2 cm³/mol. The standard InChI is InChI=1S/C20H21FN2O/c1-14(16-8-9-19-17(13-16)5-3-11-22-19)23-20(24)10-7-15-4-2-6-18(21)12-15/h2,4,6-10,12-14,22H,3,5,11H2,1H3,(H,23,24)/b10-7+.